The molecule has 2 fully saturated rings. The van der Waals surface area contributed by atoms with Gasteiger partial charge in [0.2, 0.25) is 5.91 Å². The molecule has 3 heterocycles. The minimum Gasteiger partial charge on any atom is -0.342 e. The lowest BCUT2D eigenvalue weighted by Crippen LogP contribution is -2.48. The number of aryl methyl sites for hydroxylation is 2. The summed E-state index contributed by atoms with van der Waals surface area (Å²) in [4.78, 5) is 17.7. The molecular weight excluding hydrogens is 312 g/mol. The van der Waals surface area contributed by atoms with Crippen molar-refractivity contribution in [2.45, 2.75) is 71.9 Å². The summed E-state index contributed by atoms with van der Waals surface area (Å²) in [5.41, 5.74) is 3.48. The Hall–Kier alpha value is -1.36. The Bertz CT molecular complexity index is 615. The van der Waals surface area contributed by atoms with Crippen molar-refractivity contribution in [3.05, 3.63) is 17.0 Å². The monoisotopic (exact) mass is 346 g/mol. The number of nitrogens with zero attached hydrogens (tertiary/aromatic N) is 4. The highest BCUT2D eigenvalue weighted by molar-refractivity contribution is 5.79. The molecule has 1 amide bonds. The molecule has 2 aliphatic rings. The van der Waals surface area contributed by atoms with Crippen molar-refractivity contribution in [3.63, 3.8) is 0 Å². The molecule has 0 N–H and O–H groups in total. The van der Waals surface area contributed by atoms with Gasteiger partial charge < -0.3 is 4.90 Å². The predicted molar refractivity (Wildman–Crippen MR) is 101 cm³/mol. The van der Waals surface area contributed by atoms with Crippen molar-refractivity contribution in [1.82, 2.24) is 19.6 Å². The van der Waals surface area contributed by atoms with E-state index in [9.17, 15) is 4.79 Å². The van der Waals surface area contributed by atoms with Crippen LogP contribution >= 0.6 is 0 Å². The van der Waals surface area contributed by atoms with Crippen LogP contribution in [0.15, 0.2) is 0 Å². The van der Waals surface area contributed by atoms with Crippen LogP contribution in [0.5, 0.6) is 0 Å². The zero-order valence-electron chi connectivity index (χ0n) is 16.6. The highest BCUT2D eigenvalue weighted by Gasteiger charge is 2.32. The van der Waals surface area contributed by atoms with E-state index in [4.69, 9.17) is 0 Å². The van der Waals surface area contributed by atoms with Gasteiger partial charge in [-0.1, -0.05) is 6.92 Å². The first-order valence-corrected chi connectivity index (χ1v) is 9.92. The maximum Gasteiger partial charge on any atom is 0.225 e. The minimum atomic E-state index is 0.0314. The molecule has 2 unspecified atom stereocenters. The van der Waals surface area contributed by atoms with E-state index in [1.807, 2.05) is 18.7 Å². The first-order valence-electron chi connectivity index (χ1n) is 9.92. The Morgan fingerprint density at radius 3 is 2.40 bits per heavy atom. The molecular formula is C20H34N4O. The van der Waals surface area contributed by atoms with Gasteiger partial charge in [-0.3, -0.25) is 14.4 Å². The molecule has 2 saturated heterocycles. The van der Waals surface area contributed by atoms with Crippen LogP contribution in [0, 0.1) is 19.8 Å². The van der Waals surface area contributed by atoms with Crippen LogP contribution in [-0.4, -0.2) is 57.2 Å². The molecule has 0 spiro atoms. The van der Waals surface area contributed by atoms with E-state index < -0.39 is 0 Å². The molecule has 1 aromatic rings. The average Bonchev–Trinajstić information content (AvgIpc) is 3.13. The maximum absolute atomic E-state index is 12.9. The highest BCUT2D eigenvalue weighted by atomic mass is 16.2. The second-order valence-corrected chi connectivity index (χ2v) is 8.16. The fourth-order valence-electron chi connectivity index (χ4n) is 4.73. The van der Waals surface area contributed by atoms with E-state index in [-0.39, 0.29) is 5.92 Å². The molecule has 2 atom stereocenters. The van der Waals surface area contributed by atoms with E-state index >= 15 is 0 Å². The molecule has 0 aliphatic carbocycles. The third-order valence-corrected chi connectivity index (χ3v) is 6.44. The van der Waals surface area contributed by atoms with E-state index in [0.717, 1.165) is 44.1 Å². The van der Waals surface area contributed by atoms with Gasteiger partial charge in [0.05, 0.1) is 5.69 Å². The highest BCUT2D eigenvalue weighted by Crippen LogP contribution is 2.26. The number of hydrogen-bond acceptors (Lipinski definition) is 3. The standard InChI is InChI=1S/C20H34N4O/c1-14(13-19-16(3)21-22(5)17(19)4)20(25)23-11-8-18(9-12-23)24-10-6-7-15(24)2/h14-15,18H,6-13H2,1-5H3. The number of amides is 1. The Morgan fingerprint density at radius 1 is 1.20 bits per heavy atom. The van der Waals surface area contributed by atoms with Crippen molar-refractivity contribution >= 4 is 5.91 Å². The molecule has 0 bridgehead atoms. The number of rotatable bonds is 4. The Morgan fingerprint density at radius 2 is 1.88 bits per heavy atom. The quantitative estimate of drug-likeness (QED) is 0.842. The number of likely N-dealkylation sites (tertiary alicyclic amines) is 2. The second-order valence-electron chi connectivity index (χ2n) is 8.16. The summed E-state index contributed by atoms with van der Waals surface area (Å²) >= 11 is 0. The summed E-state index contributed by atoms with van der Waals surface area (Å²) in [5, 5.41) is 4.48. The van der Waals surface area contributed by atoms with Gasteiger partial charge in [-0.2, -0.15) is 5.10 Å². The van der Waals surface area contributed by atoms with Crippen molar-refractivity contribution in [3.8, 4) is 0 Å². The van der Waals surface area contributed by atoms with Crippen molar-refractivity contribution in [2.75, 3.05) is 19.6 Å². The zero-order chi connectivity index (χ0) is 18.1. The number of carbonyl (C=O) groups excluding carboxylic acids is 1. The van der Waals surface area contributed by atoms with Crippen molar-refractivity contribution in [1.29, 1.82) is 0 Å². The average molecular weight is 347 g/mol. The molecule has 140 valence electrons. The predicted octanol–water partition coefficient (Wildman–Crippen LogP) is 2.69. The van der Waals surface area contributed by atoms with Gasteiger partial charge in [-0.25, -0.2) is 0 Å². The summed E-state index contributed by atoms with van der Waals surface area (Å²) in [6, 6.07) is 1.40. The van der Waals surface area contributed by atoms with Gasteiger partial charge >= 0.3 is 0 Å². The lowest BCUT2D eigenvalue weighted by atomic mass is 9.96. The fraction of sp³-hybridized carbons (Fsp3) is 0.800. The molecule has 25 heavy (non-hydrogen) atoms. The molecule has 0 radical (unpaired) electrons. The third-order valence-electron chi connectivity index (χ3n) is 6.44. The molecule has 1 aromatic heterocycles. The molecule has 5 nitrogen and oxygen atoms in total. The maximum atomic E-state index is 12.9. The molecule has 3 rings (SSSR count). The van der Waals surface area contributed by atoms with Crippen LogP contribution in [0.25, 0.3) is 0 Å². The minimum absolute atomic E-state index is 0.0314. The SMILES string of the molecule is Cc1nn(C)c(C)c1CC(C)C(=O)N1CCC(N2CCCC2C)CC1. The van der Waals surface area contributed by atoms with Crippen LogP contribution in [0.2, 0.25) is 0 Å². The Balaban J connectivity index is 1.55. The smallest absolute Gasteiger partial charge is 0.225 e. The van der Waals surface area contributed by atoms with Crippen LogP contribution in [0.1, 0.15) is 56.5 Å². The van der Waals surface area contributed by atoms with Gasteiger partial charge in [0, 0.05) is 43.8 Å². The summed E-state index contributed by atoms with van der Waals surface area (Å²) in [6.07, 6.45) is 5.73. The van der Waals surface area contributed by atoms with Crippen LogP contribution in [-0.2, 0) is 18.3 Å². The largest absolute Gasteiger partial charge is 0.342 e. The lowest BCUT2D eigenvalue weighted by Gasteiger charge is -2.39. The van der Waals surface area contributed by atoms with Gasteiger partial charge in [0.25, 0.3) is 0 Å². The Labute approximate surface area is 152 Å². The topological polar surface area (TPSA) is 41.4 Å². The van der Waals surface area contributed by atoms with Crippen LogP contribution in [0.4, 0.5) is 0 Å². The summed E-state index contributed by atoms with van der Waals surface area (Å²) in [7, 11) is 1.97. The third kappa shape index (κ3) is 3.76. The first-order chi connectivity index (χ1) is 11.9. The summed E-state index contributed by atoms with van der Waals surface area (Å²) in [6.45, 7) is 11.6. The van der Waals surface area contributed by atoms with Gasteiger partial charge in [0.15, 0.2) is 0 Å². The van der Waals surface area contributed by atoms with Crippen LogP contribution < -0.4 is 0 Å². The fourth-order valence-corrected chi connectivity index (χ4v) is 4.73. The van der Waals surface area contributed by atoms with Crippen LogP contribution in [0.3, 0.4) is 0 Å². The number of hydrogen-bond donors (Lipinski definition) is 0. The first kappa shape index (κ1) is 18.4. The number of piperidine rings is 1. The van der Waals surface area contributed by atoms with Gasteiger partial charge in [-0.05, 0) is 65.0 Å². The van der Waals surface area contributed by atoms with E-state index in [2.05, 4.69) is 35.7 Å². The normalized spacial score (nSPS) is 24.0. The Kier molecular flexibility index (Phi) is 5.52. The van der Waals surface area contributed by atoms with E-state index in [1.54, 1.807) is 0 Å². The molecule has 5 heteroatoms. The van der Waals surface area contributed by atoms with E-state index in [1.165, 1.54) is 30.6 Å². The van der Waals surface area contributed by atoms with Gasteiger partial charge in [-0.15, -0.1) is 0 Å². The van der Waals surface area contributed by atoms with Crippen molar-refractivity contribution in [2.24, 2.45) is 13.0 Å². The number of carbonyl (C=O) groups is 1. The second kappa shape index (κ2) is 7.48. The van der Waals surface area contributed by atoms with Gasteiger partial charge in [0.1, 0.15) is 0 Å². The lowest BCUT2D eigenvalue weighted by molar-refractivity contribution is -0.136. The zero-order valence-corrected chi connectivity index (χ0v) is 16.6. The molecule has 0 saturated carbocycles. The van der Waals surface area contributed by atoms with Crippen molar-refractivity contribution < 1.29 is 4.79 Å². The summed E-state index contributed by atoms with van der Waals surface area (Å²) in [5.74, 6) is 0.347. The molecule has 0 aromatic carbocycles. The van der Waals surface area contributed by atoms with E-state index in [0.29, 0.717) is 11.9 Å². The molecule has 2 aliphatic heterocycles. The number of aromatic nitrogens is 2. The summed E-state index contributed by atoms with van der Waals surface area (Å²) < 4.78 is 1.92.